The zero-order valence-electron chi connectivity index (χ0n) is 9.45. The SMILES string of the molecule is COc1ccc(CNC(=O)CSC)cc1N. The molecule has 0 aliphatic rings. The Labute approximate surface area is 99.5 Å². The molecule has 88 valence electrons. The summed E-state index contributed by atoms with van der Waals surface area (Å²) in [5.74, 6) is 1.16. The normalized spacial score (nSPS) is 9.88. The van der Waals surface area contributed by atoms with Gasteiger partial charge in [-0.3, -0.25) is 4.79 Å². The van der Waals surface area contributed by atoms with Gasteiger partial charge in [-0.05, 0) is 24.0 Å². The summed E-state index contributed by atoms with van der Waals surface area (Å²) in [5, 5.41) is 2.81. The Morgan fingerprint density at radius 1 is 1.56 bits per heavy atom. The maximum atomic E-state index is 11.2. The summed E-state index contributed by atoms with van der Waals surface area (Å²) in [6.07, 6.45) is 1.89. The number of benzene rings is 1. The van der Waals surface area contributed by atoms with Crippen LogP contribution in [0.5, 0.6) is 5.75 Å². The molecule has 0 aromatic heterocycles. The Balaban J connectivity index is 2.55. The molecule has 1 amide bonds. The van der Waals surface area contributed by atoms with Gasteiger partial charge in [0.2, 0.25) is 5.91 Å². The molecule has 0 fully saturated rings. The lowest BCUT2D eigenvalue weighted by molar-refractivity contribution is -0.118. The summed E-state index contributed by atoms with van der Waals surface area (Å²) in [4.78, 5) is 11.2. The molecule has 1 aromatic carbocycles. The number of nitrogens with two attached hydrogens (primary N) is 1. The minimum Gasteiger partial charge on any atom is -0.495 e. The molecular formula is C11H16N2O2S. The Kier molecular flexibility index (Phi) is 4.98. The number of hydrogen-bond donors (Lipinski definition) is 2. The first-order valence-corrected chi connectivity index (χ1v) is 6.24. The zero-order valence-corrected chi connectivity index (χ0v) is 10.3. The molecule has 1 aromatic rings. The largest absolute Gasteiger partial charge is 0.495 e. The number of carbonyl (C=O) groups is 1. The van der Waals surface area contributed by atoms with E-state index in [2.05, 4.69) is 5.32 Å². The Bertz CT molecular complexity index is 369. The van der Waals surface area contributed by atoms with Crippen LogP contribution in [-0.4, -0.2) is 25.0 Å². The van der Waals surface area contributed by atoms with Crippen LogP contribution >= 0.6 is 11.8 Å². The highest BCUT2D eigenvalue weighted by Gasteiger charge is 2.02. The molecule has 3 N–H and O–H groups in total. The van der Waals surface area contributed by atoms with E-state index in [1.807, 2.05) is 12.3 Å². The summed E-state index contributed by atoms with van der Waals surface area (Å²) in [7, 11) is 1.58. The van der Waals surface area contributed by atoms with E-state index in [4.69, 9.17) is 10.5 Å². The second-order valence-electron chi connectivity index (χ2n) is 3.29. The highest BCUT2D eigenvalue weighted by molar-refractivity contribution is 7.99. The summed E-state index contributed by atoms with van der Waals surface area (Å²) >= 11 is 1.50. The molecule has 1 rings (SSSR count). The van der Waals surface area contributed by atoms with Gasteiger partial charge in [0.25, 0.3) is 0 Å². The summed E-state index contributed by atoms with van der Waals surface area (Å²) in [6, 6.07) is 5.48. The van der Waals surface area contributed by atoms with Crippen LogP contribution in [0.2, 0.25) is 0 Å². The van der Waals surface area contributed by atoms with Crippen LogP contribution in [0.3, 0.4) is 0 Å². The third-order valence-corrected chi connectivity index (χ3v) is 2.61. The number of ether oxygens (including phenoxy) is 1. The van der Waals surface area contributed by atoms with E-state index in [0.29, 0.717) is 23.7 Å². The smallest absolute Gasteiger partial charge is 0.230 e. The van der Waals surface area contributed by atoms with Crippen molar-refractivity contribution < 1.29 is 9.53 Å². The Morgan fingerprint density at radius 2 is 2.31 bits per heavy atom. The highest BCUT2D eigenvalue weighted by Crippen LogP contribution is 2.21. The van der Waals surface area contributed by atoms with E-state index in [-0.39, 0.29) is 5.91 Å². The molecule has 0 atom stereocenters. The van der Waals surface area contributed by atoms with Crippen molar-refractivity contribution in [2.24, 2.45) is 0 Å². The molecule has 0 aliphatic carbocycles. The molecule has 16 heavy (non-hydrogen) atoms. The fourth-order valence-corrected chi connectivity index (χ4v) is 1.64. The van der Waals surface area contributed by atoms with Crippen molar-refractivity contribution in [1.82, 2.24) is 5.32 Å². The van der Waals surface area contributed by atoms with Gasteiger partial charge in [0.05, 0.1) is 18.6 Å². The van der Waals surface area contributed by atoms with Gasteiger partial charge in [0, 0.05) is 6.54 Å². The van der Waals surface area contributed by atoms with Crippen molar-refractivity contribution in [2.45, 2.75) is 6.54 Å². The minimum absolute atomic E-state index is 0.0295. The number of nitrogen functional groups attached to an aromatic ring is 1. The van der Waals surface area contributed by atoms with E-state index >= 15 is 0 Å². The van der Waals surface area contributed by atoms with Crippen LogP contribution in [0.25, 0.3) is 0 Å². The van der Waals surface area contributed by atoms with E-state index in [0.717, 1.165) is 5.56 Å². The molecular weight excluding hydrogens is 224 g/mol. The highest BCUT2D eigenvalue weighted by atomic mass is 32.2. The number of hydrogen-bond acceptors (Lipinski definition) is 4. The average molecular weight is 240 g/mol. The Morgan fingerprint density at radius 3 is 2.88 bits per heavy atom. The maximum Gasteiger partial charge on any atom is 0.230 e. The number of nitrogens with one attached hydrogen (secondary N) is 1. The molecule has 0 heterocycles. The van der Waals surface area contributed by atoms with Crippen molar-refractivity contribution >= 4 is 23.4 Å². The lowest BCUT2D eigenvalue weighted by Gasteiger charge is -2.08. The molecule has 0 saturated heterocycles. The van der Waals surface area contributed by atoms with Crippen LogP contribution in [0.1, 0.15) is 5.56 Å². The van der Waals surface area contributed by atoms with Gasteiger partial charge in [-0.1, -0.05) is 6.07 Å². The molecule has 0 unspecified atom stereocenters. The third-order valence-electron chi connectivity index (χ3n) is 2.06. The van der Waals surface area contributed by atoms with Gasteiger partial charge in [-0.2, -0.15) is 11.8 Å². The van der Waals surface area contributed by atoms with Crippen LogP contribution < -0.4 is 15.8 Å². The maximum absolute atomic E-state index is 11.2. The molecule has 0 saturated carbocycles. The molecule has 5 heteroatoms. The van der Waals surface area contributed by atoms with Crippen LogP contribution in [0.4, 0.5) is 5.69 Å². The summed E-state index contributed by atoms with van der Waals surface area (Å²) in [5.41, 5.74) is 7.30. The molecule has 0 radical (unpaired) electrons. The lowest BCUT2D eigenvalue weighted by atomic mass is 10.2. The topological polar surface area (TPSA) is 64.3 Å². The van der Waals surface area contributed by atoms with E-state index < -0.39 is 0 Å². The van der Waals surface area contributed by atoms with Crippen molar-refractivity contribution in [2.75, 3.05) is 24.9 Å². The van der Waals surface area contributed by atoms with E-state index in [1.165, 1.54) is 11.8 Å². The molecule has 0 aliphatic heterocycles. The van der Waals surface area contributed by atoms with Gasteiger partial charge < -0.3 is 15.8 Å². The van der Waals surface area contributed by atoms with E-state index in [1.54, 1.807) is 19.2 Å². The summed E-state index contributed by atoms with van der Waals surface area (Å²) in [6.45, 7) is 0.494. The van der Waals surface area contributed by atoms with Gasteiger partial charge in [-0.15, -0.1) is 0 Å². The number of methoxy groups -OCH3 is 1. The average Bonchev–Trinajstić information content (AvgIpc) is 2.27. The van der Waals surface area contributed by atoms with Gasteiger partial charge in [0.15, 0.2) is 0 Å². The second kappa shape index (κ2) is 6.27. The monoisotopic (exact) mass is 240 g/mol. The predicted molar refractivity (Wildman–Crippen MR) is 67.6 cm³/mol. The van der Waals surface area contributed by atoms with Crippen molar-refractivity contribution in [3.8, 4) is 5.75 Å². The second-order valence-corrected chi connectivity index (χ2v) is 4.15. The summed E-state index contributed by atoms with van der Waals surface area (Å²) < 4.78 is 5.05. The van der Waals surface area contributed by atoms with Gasteiger partial charge in [-0.25, -0.2) is 0 Å². The quantitative estimate of drug-likeness (QED) is 0.760. The first-order chi connectivity index (χ1) is 7.67. The first-order valence-electron chi connectivity index (χ1n) is 4.85. The number of carbonyl (C=O) groups excluding carboxylic acids is 1. The fourth-order valence-electron chi connectivity index (χ4n) is 1.28. The fraction of sp³-hybridized carbons (Fsp3) is 0.364. The standard InChI is InChI=1S/C11H16N2O2S/c1-15-10-4-3-8(5-9(10)12)6-13-11(14)7-16-2/h3-5H,6-7,12H2,1-2H3,(H,13,14). The molecule has 0 spiro atoms. The third kappa shape index (κ3) is 3.66. The first kappa shape index (κ1) is 12.7. The Hall–Kier alpha value is -1.36. The number of thioether (sulfide) groups is 1. The number of amides is 1. The number of anilines is 1. The number of rotatable bonds is 5. The van der Waals surface area contributed by atoms with Crippen molar-refractivity contribution in [3.63, 3.8) is 0 Å². The van der Waals surface area contributed by atoms with Crippen LogP contribution in [0, 0.1) is 0 Å². The van der Waals surface area contributed by atoms with Gasteiger partial charge >= 0.3 is 0 Å². The zero-order chi connectivity index (χ0) is 12.0. The van der Waals surface area contributed by atoms with Crippen LogP contribution in [-0.2, 0) is 11.3 Å². The molecule has 0 bridgehead atoms. The predicted octanol–water partition coefficient (Wildman–Crippen LogP) is 1.26. The lowest BCUT2D eigenvalue weighted by Crippen LogP contribution is -2.24. The van der Waals surface area contributed by atoms with Crippen molar-refractivity contribution in [3.05, 3.63) is 23.8 Å². The van der Waals surface area contributed by atoms with Crippen molar-refractivity contribution in [1.29, 1.82) is 0 Å². The van der Waals surface area contributed by atoms with Gasteiger partial charge in [0.1, 0.15) is 5.75 Å². The minimum atomic E-state index is 0.0295. The van der Waals surface area contributed by atoms with E-state index in [9.17, 15) is 4.79 Å². The molecule has 4 nitrogen and oxygen atoms in total. The van der Waals surface area contributed by atoms with Crippen LogP contribution in [0.15, 0.2) is 18.2 Å².